The van der Waals surface area contributed by atoms with Crippen molar-refractivity contribution in [3.05, 3.63) is 107 Å². The van der Waals surface area contributed by atoms with Crippen LogP contribution < -0.4 is 4.90 Å². The molecule has 0 aromatic heterocycles. The molecule has 4 rings (SSSR count). The summed E-state index contributed by atoms with van der Waals surface area (Å²) in [5, 5.41) is 9.34. The lowest BCUT2D eigenvalue weighted by Gasteiger charge is -2.32. The summed E-state index contributed by atoms with van der Waals surface area (Å²) >= 11 is 0. The quantitative estimate of drug-likeness (QED) is 0.502. The zero-order valence-electron chi connectivity index (χ0n) is 16.9. The number of amidine groups is 1. The standard InChI is InChI=1S/C26H23N3/c1-4-5-13-20(2)25-27-28(3)26(22-15-8-6-7-9-16-22)29(25)24-19-12-17-21-14-10-11-18-23(21)24/h4-5,8,10-19,26H,1-3H3/b5-4-,20-13+. The number of fused-ring (bicyclic) bond motifs is 1. The van der Waals surface area contributed by atoms with Crippen LogP contribution in [-0.4, -0.2) is 24.1 Å². The lowest BCUT2D eigenvalue weighted by Crippen LogP contribution is -2.42. The Morgan fingerprint density at radius 3 is 2.79 bits per heavy atom. The Bertz CT molecular complexity index is 1200. The SMILES string of the molecule is C/C=C\C=C(/C)C1=NN(C)C(C2=CC=C=C=C=C2)N1c1cccc2ccccc12. The van der Waals surface area contributed by atoms with Gasteiger partial charge in [0.1, 0.15) is 6.17 Å². The van der Waals surface area contributed by atoms with E-state index in [9.17, 15) is 0 Å². The molecule has 1 atom stereocenters. The number of hydrogen-bond donors (Lipinski definition) is 0. The molecule has 0 bridgehead atoms. The zero-order chi connectivity index (χ0) is 20.2. The smallest absolute Gasteiger partial charge is 0.158 e. The van der Waals surface area contributed by atoms with Crippen molar-refractivity contribution in [2.45, 2.75) is 20.0 Å². The van der Waals surface area contributed by atoms with Gasteiger partial charge in [0.25, 0.3) is 0 Å². The second-order valence-electron chi connectivity index (χ2n) is 7.01. The maximum Gasteiger partial charge on any atom is 0.158 e. The van der Waals surface area contributed by atoms with Crippen LogP contribution in [-0.2, 0) is 0 Å². The number of likely N-dealkylation sites (N-methyl/N-ethyl adjacent to an activating group) is 1. The number of rotatable bonds is 4. The first kappa shape index (κ1) is 18.6. The second-order valence-corrected chi connectivity index (χ2v) is 7.01. The zero-order valence-corrected chi connectivity index (χ0v) is 16.9. The Morgan fingerprint density at radius 2 is 1.93 bits per heavy atom. The molecule has 0 fully saturated rings. The van der Waals surface area contributed by atoms with Gasteiger partial charge >= 0.3 is 0 Å². The average molecular weight is 377 g/mol. The van der Waals surface area contributed by atoms with Gasteiger partial charge in [-0.05, 0) is 54.8 Å². The lowest BCUT2D eigenvalue weighted by atomic mass is 10.0. The summed E-state index contributed by atoms with van der Waals surface area (Å²) in [7, 11) is 2.01. The van der Waals surface area contributed by atoms with Crippen LogP contribution in [0.3, 0.4) is 0 Å². The maximum atomic E-state index is 4.92. The fourth-order valence-corrected chi connectivity index (χ4v) is 3.70. The Morgan fingerprint density at radius 1 is 1.10 bits per heavy atom. The van der Waals surface area contributed by atoms with Crippen LogP contribution in [0, 0.1) is 0 Å². The molecule has 0 radical (unpaired) electrons. The molecule has 2 aromatic carbocycles. The first-order valence-electron chi connectivity index (χ1n) is 9.72. The largest absolute Gasteiger partial charge is 0.297 e. The predicted molar refractivity (Wildman–Crippen MR) is 122 cm³/mol. The van der Waals surface area contributed by atoms with Crippen molar-refractivity contribution in [2.24, 2.45) is 5.10 Å². The van der Waals surface area contributed by atoms with Gasteiger partial charge in [0, 0.05) is 18.0 Å². The molecular formula is C26H23N3. The minimum Gasteiger partial charge on any atom is -0.297 e. The Labute approximate surface area is 171 Å². The third kappa shape index (κ3) is 3.55. The molecule has 0 spiro atoms. The van der Waals surface area contributed by atoms with Crippen LogP contribution in [0.15, 0.2) is 112 Å². The molecule has 1 heterocycles. The van der Waals surface area contributed by atoms with E-state index in [0.717, 1.165) is 22.7 Å². The third-order valence-corrected chi connectivity index (χ3v) is 5.04. The van der Waals surface area contributed by atoms with Gasteiger partial charge in [-0.3, -0.25) is 9.91 Å². The van der Waals surface area contributed by atoms with E-state index in [1.54, 1.807) is 0 Å². The molecule has 3 nitrogen and oxygen atoms in total. The average Bonchev–Trinajstić information content (AvgIpc) is 2.91. The molecule has 0 amide bonds. The molecule has 0 saturated carbocycles. The van der Waals surface area contributed by atoms with Crippen molar-refractivity contribution >= 4 is 22.3 Å². The molecule has 1 aliphatic heterocycles. The van der Waals surface area contributed by atoms with Gasteiger partial charge in [0.2, 0.25) is 0 Å². The lowest BCUT2D eigenvalue weighted by molar-refractivity contribution is 0.322. The van der Waals surface area contributed by atoms with E-state index in [1.807, 2.05) is 43.3 Å². The van der Waals surface area contributed by atoms with E-state index in [1.165, 1.54) is 10.8 Å². The molecule has 3 heteroatoms. The summed E-state index contributed by atoms with van der Waals surface area (Å²) in [4.78, 5) is 2.31. The maximum absolute atomic E-state index is 4.92. The summed E-state index contributed by atoms with van der Waals surface area (Å²) in [6.45, 7) is 4.12. The van der Waals surface area contributed by atoms with E-state index in [-0.39, 0.29) is 6.17 Å². The Hall–Kier alpha value is -3.73. The van der Waals surface area contributed by atoms with Crippen molar-refractivity contribution in [1.29, 1.82) is 0 Å². The second kappa shape index (κ2) is 8.10. The highest BCUT2D eigenvalue weighted by molar-refractivity contribution is 6.14. The molecule has 1 aliphatic carbocycles. The summed E-state index contributed by atoms with van der Waals surface area (Å²) < 4.78 is 0. The number of hydrazone groups is 1. The van der Waals surface area contributed by atoms with Crippen molar-refractivity contribution in [1.82, 2.24) is 5.01 Å². The van der Waals surface area contributed by atoms with Gasteiger partial charge in [-0.25, -0.2) is 0 Å². The molecular weight excluding hydrogens is 354 g/mol. The number of nitrogens with zero attached hydrogens (tertiary/aromatic N) is 3. The van der Waals surface area contributed by atoms with E-state index >= 15 is 0 Å². The van der Waals surface area contributed by atoms with Gasteiger partial charge in [-0.15, -0.1) is 0 Å². The van der Waals surface area contributed by atoms with E-state index in [0.29, 0.717) is 0 Å². The molecule has 2 aliphatic rings. The third-order valence-electron chi connectivity index (χ3n) is 5.04. The Balaban J connectivity index is 1.92. The monoisotopic (exact) mass is 377 g/mol. The molecule has 0 saturated heterocycles. The summed E-state index contributed by atoms with van der Waals surface area (Å²) in [5.74, 6) is 0.936. The summed E-state index contributed by atoms with van der Waals surface area (Å²) in [5.41, 5.74) is 12.3. The van der Waals surface area contributed by atoms with Gasteiger partial charge in [0.15, 0.2) is 5.84 Å². The first-order chi connectivity index (χ1) is 14.2. The summed E-state index contributed by atoms with van der Waals surface area (Å²) in [6, 6.07) is 14.9. The van der Waals surface area contributed by atoms with Gasteiger partial charge in [-0.2, -0.15) is 5.10 Å². The van der Waals surface area contributed by atoms with Crippen molar-refractivity contribution in [2.75, 3.05) is 11.9 Å². The highest BCUT2D eigenvalue weighted by Crippen LogP contribution is 2.35. The van der Waals surface area contributed by atoms with Crippen LogP contribution in [0.1, 0.15) is 13.8 Å². The van der Waals surface area contributed by atoms with Crippen molar-refractivity contribution in [3.8, 4) is 0 Å². The van der Waals surface area contributed by atoms with E-state index in [4.69, 9.17) is 5.10 Å². The van der Waals surface area contributed by atoms with Gasteiger partial charge < -0.3 is 0 Å². The highest BCUT2D eigenvalue weighted by Gasteiger charge is 2.36. The molecule has 0 N–H and O–H groups in total. The predicted octanol–water partition coefficient (Wildman–Crippen LogP) is 5.72. The van der Waals surface area contributed by atoms with Gasteiger partial charge in [0.05, 0.1) is 5.69 Å². The number of hydrogen-bond acceptors (Lipinski definition) is 3. The number of anilines is 1. The van der Waals surface area contributed by atoms with Crippen LogP contribution in [0.5, 0.6) is 0 Å². The minimum atomic E-state index is -0.0878. The van der Waals surface area contributed by atoms with Crippen LogP contribution in [0.2, 0.25) is 0 Å². The fraction of sp³-hybridized carbons (Fsp3) is 0.154. The van der Waals surface area contributed by atoms with E-state index in [2.05, 4.69) is 83.6 Å². The number of benzene rings is 2. The summed E-state index contributed by atoms with van der Waals surface area (Å²) in [6.07, 6.45) is 12.0. The molecule has 1 unspecified atom stereocenters. The molecule has 29 heavy (non-hydrogen) atoms. The van der Waals surface area contributed by atoms with E-state index < -0.39 is 0 Å². The fourth-order valence-electron chi connectivity index (χ4n) is 3.70. The Kier molecular flexibility index (Phi) is 5.20. The van der Waals surface area contributed by atoms with Crippen molar-refractivity contribution < 1.29 is 0 Å². The first-order valence-corrected chi connectivity index (χ1v) is 9.72. The normalized spacial score (nSPS) is 18.7. The number of allylic oxidation sites excluding steroid dienone is 5. The van der Waals surface area contributed by atoms with Crippen molar-refractivity contribution in [3.63, 3.8) is 0 Å². The highest BCUT2D eigenvalue weighted by atomic mass is 15.6. The van der Waals surface area contributed by atoms with Crippen LogP contribution in [0.25, 0.3) is 10.8 Å². The topological polar surface area (TPSA) is 18.8 Å². The molecule has 142 valence electrons. The van der Waals surface area contributed by atoms with Crippen LogP contribution >= 0.6 is 0 Å². The minimum absolute atomic E-state index is 0.0878. The van der Waals surface area contributed by atoms with Gasteiger partial charge in [-0.1, -0.05) is 66.1 Å². The molecule has 2 aromatic rings. The van der Waals surface area contributed by atoms with Crippen LogP contribution in [0.4, 0.5) is 5.69 Å².